The van der Waals surface area contributed by atoms with Gasteiger partial charge in [0.2, 0.25) is 0 Å². The summed E-state index contributed by atoms with van der Waals surface area (Å²) in [5, 5.41) is 11.1. The van der Waals surface area contributed by atoms with E-state index < -0.39 is 0 Å². The van der Waals surface area contributed by atoms with Crippen LogP contribution in [0.1, 0.15) is 31.1 Å². The summed E-state index contributed by atoms with van der Waals surface area (Å²) in [6.45, 7) is 8.46. The summed E-state index contributed by atoms with van der Waals surface area (Å²) in [5.74, 6) is 0. The number of aliphatic hydroxyl groups is 1. The molecule has 1 atom stereocenters. The van der Waals surface area contributed by atoms with Crippen molar-refractivity contribution >= 4 is 10.9 Å². The van der Waals surface area contributed by atoms with Crippen LogP contribution < -0.4 is 0 Å². The Balaban J connectivity index is 2.57. The SMILES string of the molecule is CCN(CC)C(CO)c1cccc2c1cc(C)n2C. The number of fused-ring (bicyclic) bond motifs is 1. The fourth-order valence-electron chi connectivity index (χ4n) is 2.88. The minimum Gasteiger partial charge on any atom is -0.394 e. The van der Waals surface area contributed by atoms with Crippen molar-refractivity contribution in [2.45, 2.75) is 26.8 Å². The number of hydrogen-bond acceptors (Lipinski definition) is 2. The number of aromatic nitrogens is 1. The number of hydrogen-bond donors (Lipinski definition) is 1. The molecule has 0 bridgehead atoms. The van der Waals surface area contributed by atoms with Gasteiger partial charge < -0.3 is 9.67 Å². The average Bonchev–Trinajstić information content (AvgIpc) is 2.72. The predicted octanol–water partition coefficient (Wildman–Crippen LogP) is 2.86. The first-order chi connectivity index (χ1) is 9.13. The lowest BCUT2D eigenvalue weighted by Crippen LogP contribution is -2.30. The molecule has 2 rings (SSSR count). The van der Waals surface area contributed by atoms with Gasteiger partial charge in [0, 0.05) is 23.6 Å². The molecule has 0 aliphatic heterocycles. The van der Waals surface area contributed by atoms with Gasteiger partial charge in [-0.2, -0.15) is 0 Å². The highest BCUT2D eigenvalue weighted by Crippen LogP contribution is 2.29. The van der Waals surface area contributed by atoms with E-state index in [-0.39, 0.29) is 12.6 Å². The van der Waals surface area contributed by atoms with Crippen molar-refractivity contribution in [1.29, 1.82) is 0 Å². The van der Waals surface area contributed by atoms with Gasteiger partial charge in [0.05, 0.1) is 12.6 Å². The third-order valence-electron chi connectivity index (χ3n) is 4.15. The van der Waals surface area contributed by atoms with Crippen LogP contribution in [0, 0.1) is 6.92 Å². The molecule has 0 aliphatic rings. The van der Waals surface area contributed by atoms with Gasteiger partial charge >= 0.3 is 0 Å². The van der Waals surface area contributed by atoms with Crippen LogP contribution in [0.5, 0.6) is 0 Å². The van der Waals surface area contributed by atoms with Crippen LogP contribution in [0.2, 0.25) is 0 Å². The molecular formula is C16H24N2O. The Bertz CT molecular complexity index is 555. The molecule has 1 N–H and O–H groups in total. The second-order valence-corrected chi connectivity index (χ2v) is 5.04. The summed E-state index contributed by atoms with van der Waals surface area (Å²) in [4.78, 5) is 2.30. The van der Waals surface area contributed by atoms with E-state index in [4.69, 9.17) is 0 Å². The van der Waals surface area contributed by atoms with Gasteiger partial charge in [0.1, 0.15) is 0 Å². The molecule has 104 valence electrons. The maximum atomic E-state index is 9.80. The minimum atomic E-state index is 0.0838. The van der Waals surface area contributed by atoms with Crippen LogP contribution >= 0.6 is 0 Å². The Morgan fingerprint density at radius 2 is 1.95 bits per heavy atom. The molecule has 0 radical (unpaired) electrons. The molecule has 0 spiro atoms. The van der Waals surface area contributed by atoms with Gasteiger partial charge in [-0.05, 0) is 37.7 Å². The first-order valence-electron chi connectivity index (χ1n) is 7.03. The van der Waals surface area contributed by atoms with Crippen molar-refractivity contribution < 1.29 is 5.11 Å². The van der Waals surface area contributed by atoms with Gasteiger partial charge in [-0.25, -0.2) is 0 Å². The largest absolute Gasteiger partial charge is 0.394 e. The highest BCUT2D eigenvalue weighted by atomic mass is 16.3. The highest BCUT2D eigenvalue weighted by Gasteiger charge is 2.20. The molecule has 0 saturated heterocycles. The van der Waals surface area contributed by atoms with E-state index >= 15 is 0 Å². The second kappa shape index (κ2) is 5.76. The molecule has 3 heteroatoms. The summed E-state index contributed by atoms with van der Waals surface area (Å²) >= 11 is 0. The average molecular weight is 260 g/mol. The molecule has 0 amide bonds. The van der Waals surface area contributed by atoms with E-state index in [2.05, 4.69) is 61.6 Å². The molecule has 0 fully saturated rings. The first kappa shape index (κ1) is 14.1. The van der Waals surface area contributed by atoms with Gasteiger partial charge in [-0.3, -0.25) is 4.90 Å². The smallest absolute Gasteiger partial charge is 0.0628 e. The van der Waals surface area contributed by atoms with E-state index in [9.17, 15) is 5.11 Å². The third kappa shape index (κ3) is 2.40. The number of likely N-dealkylation sites (N-methyl/N-ethyl adjacent to an activating group) is 1. The number of rotatable bonds is 5. The molecule has 1 aromatic heterocycles. The normalized spacial score (nSPS) is 13.4. The number of nitrogens with zero attached hydrogens (tertiary/aromatic N) is 2. The molecule has 2 aromatic rings. The van der Waals surface area contributed by atoms with Crippen molar-refractivity contribution in [3.8, 4) is 0 Å². The molecule has 1 heterocycles. The van der Waals surface area contributed by atoms with Crippen LogP contribution in [0.4, 0.5) is 0 Å². The van der Waals surface area contributed by atoms with Crippen LogP contribution in [-0.2, 0) is 7.05 Å². The molecular weight excluding hydrogens is 236 g/mol. The lowest BCUT2D eigenvalue weighted by molar-refractivity contribution is 0.135. The fraction of sp³-hybridized carbons (Fsp3) is 0.500. The monoisotopic (exact) mass is 260 g/mol. The molecule has 0 saturated carbocycles. The Morgan fingerprint density at radius 1 is 1.26 bits per heavy atom. The zero-order valence-corrected chi connectivity index (χ0v) is 12.3. The summed E-state index contributed by atoms with van der Waals surface area (Å²) < 4.78 is 2.20. The molecule has 19 heavy (non-hydrogen) atoms. The first-order valence-corrected chi connectivity index (χ1v) is 7.03. The van der Waals surface area contributed by atoms with Crippen LogP contribution in [0.15, 0.2) is 24.3 Å². The van der Waals surface area contributed by atoms with Gasteiger partial charge in [-0.15, -0.1) is 0 Å². The zero-order valence-electron chi connectivity index (χ0n) is 12.3. The Morgan fingerprint density at radius 3 is 2.53 bits per heavy atom. The van der Waals surface area contributed by atoms with E-state index in [1.165, 1.54) is 22.2 Å². The van der Waals surface area contributed by atoms with E-state index in [1.54, 1.807) is 0 Å². The standard InChI is InChI=1S/C16H24N2O/c1-5-18(6-2)16(11-19)13-8-7-9-15-14(13)10-12(3)17(15)4/h7-10,16,19H,5-6,11H2,1-4H3. The quantitative estimate of drug-likeness (QED) is 0.895. The number of aryl methyl sites for hydroxylation is 2. The maximum absolute atomic E-state index is 9.80. The van der Waals surface area contributed by atoms with Crippen LogP contribution in [0.3, 0.4) is 0 Å². The van der Waals surface area contributed by atoms with Crippen molar-refractivity contribution in [3.05, 3.63) is 35.5 Å². The lowest BCUT2D eigenvalue weighted by atomic mass is 10.0. The summed E-state index contributed by atoms with van der Waals surface area (Å²) in [5.41, 5.74) is 3.71. The lowest BCUT2D eigenvalue weighted by Gasteiger charge is -2.29. The summed E-state index contributed by atoms with van der Waals surface area (Å²) in [6.07, 6.45) is 0. The zero-order chi connectivity index (χ0) is 14.0. The summed E-state index contributed by atoms with van der Waals surface area (Å²) in [7, 11) is 2.09. The van der Waals surface area contributed by atoms with Crippen LogP contribution in [-0.4, -0.2) is 34.3 Å². The second-order valence-electron chi connectivity index (χ2n) is 5.04. The van der Waals surface area contributed by atoms with Crippen molar-refractivity contribution in [1.82, 2.24) is 9.47 Å². The number of benzene rings is 1. The van der Waals surface area contributed by atoms with Crippen LogP contribution in [0.25, 0.3) is 10.9 Å². The Labute approximate surface area is 115 Å². The Hall–Kier alpha value is -1.32. The van der Waals surface area contributed by atoms with E-state index in [1.807, 2.05) is 0 Å². The van der Waals surface area contributed by atoms with Gasteiger partial charge in [0.25, 0.3) is 0 Å². The predicted molar refractivity (Wildman–Crippen MR) is 80.4 cm³/mol. The molecule has 3 nitrogen and oxygen atoms in total. The highest BCUT2D eigenvalue weighted by molar-refractivity contribution is 5.85. The minimum absolute atomic E-state index is 0.0838. The summed E-state index contributed by atoms with van der Waals surface area (Å²) in [6, 6.07) is 8.67. The Kier molecular flexibility index (Phi) is 4.27. The third-order valence-corrected chi connectivity index (χ3v) is 4.15. The fourth-order valence-corrected chi connectivity index (χ4v) is 2.88. The van der Waals surface area contributed by atoms with E-state index in [0.29, 0.717) is 0 Å². The molecule has 0 aliphatic carbocycles. The van der Waals surface area contributed by atoms with Crippen molar-refractivity contribution in [3.63, 3.8) is 0 Å². The topological polar surface area (TPSA) is 28.4 Å². The van der Waals surface area contributed by atoms with Gasteiger partial charge in [-0.1, -0.05) is 26.0 Å². The molecule has 1 aromatic carbocycles. The van der Waals surface area contributed by atoms with E-state index in [0.717, 1.165) is 13.1 Å². The van der Waals surface area contributed by atoms with Crippen molar-refractivity contribution in [2.75, 3.05) is 19.7 Å². The van der Waals surface area contributed by atoms with Crippen molar-refractivity contribution in [2.24, 2.45) is 7.05 Å². The number of aliphatic hydroxyl groups excluding tert-OH is 1. The maximum Gasteiger partial charge on any atom is 0.0628 e. The molecule has 1 unspecified atom stereocenters. The van der Waals surface area contributed by atoms with Gasteiger partial charge in [0.15, 0.2) is 0 Å².